The highest BCUT2D eigenvalue weighted by atomic mass is 35.5. The van der Waals surface area contributed by atoms with E-state index in [-0.39, 0.29) is 17.2 Å². The fourth-order valence-electron chi connectivity index (χ4n) is 3.12. The van der Waals surface area contributed by atoms with Crippen molar-refractivity contribution < 1.29 is 4.79 Å². The normalized spacial score (nSPS) is 14.7. The molecule has 3 aromatic rings. The summed E-state index contributed by atoms with van der Waals surface area (Å²) in [5.41, 5.74) is -0.0194. The van der Waals surface area contributed by atoms with Gasteiger partial charge in [0.15, 0.2) is 5.69 Å². The summed E-state index contributed by atoms with van der Waals surface area (Å²) in [4.78, 5) is 33.0. The van der Waals surface area contributed by atoms with Crippen LogP contribution in [0.15, 0.2) is 47.4 Å². The van der Waals surface area contributed by atoms with E-state index in [1.165, 1.54) is 0 Å². The quantitative estimate of drug-likeness (QED) is 0.746. The number of pyridine rings is 1. The fourth-order valence-corrected chi connectivity index (χ4v) is 3.23. The number of aromatic nitrogens is 3. The molecule has 1 saturated heterocycles. The zero-order valence-electron chi connectivity index (χ0n) is 13.9. The molecule has 1 aliphatic heterocycles. The molecule has 0 bridgehead atoms. The molecule has 4 rings (SSSR count). The zero-order chi connectivity index (χ0) is 18.1. The van der Waals surface area contributed by atoms with E-state index >= 15 is 0 Å². The van der Waals surface area contributed by atoms with E-state index in [1.807, 2.05) is 6.07 Å². The van der Waals surface area contributed by atoms with Crippen LogP contribution in [0.4, 0.5) is 5.82 Å². The SMILES string of the molecule is O=C(c1n[nH]c(=O)c2ccccc12)N1CCN(c2ccc(Cl)cn2)CC1. The molecule has 0 spiro atoms. The first-order valence-electron chi connectivity index (χ1n) is 8.27. The summed E-state index contributed by atoms with van der Waals surface area (Å²) in [6.45, 7) is 2.44. The Balaban J connectivity index is 1.53. The van der Waals surface area contributed by atoms with E-state index in [0.717, 1.165) is 5.82 Å². The maximum atomic E-state index is 12.9. The number of carbonyl (C=O) groups excluding carboxylic acids is 1. The van der Waals surface area contributed by atoms with Crippen LogP contribution in [-0.2, 0) is 0 Å². The van der Waals surface area contributed by atoms with Gasteiger partial charge in [-0.2, -0.15) is 5.10 Å². The molecule has 0 unspecified atom stereocenters. The van der Waals surface area contributed by atoms with Crippen LogP contribution in [0.5, 0.6) is 0 Å². The summed E-state index contributed by atoms with van der Waals surface area (Å²) in [6, 6.07) is 10.7. The van der Waals surface area contributed by atoms with Crippen molar-refractivity contribution in [3.8, 4) is 0 Å². The number of carbonyl (C=O) groups is 1. The Morgan fingerprint density at radius 1 is 1.04 bits per heavy atom. The first-order chi connectivity index (χ1) is 12.6. The van der Waals surface area contributed by atoms with Crippen molar-refractivity contribution in [3.63, 3.8) is 0 Å². The standard InChI is InChI=1S/C18H16ClN5O2/c19-12-5-6-15(20-11-12)23-7-9-24(10-8-23)18(26)16-13-3-1-2-4-14(13)17(25)22-21-16/h1-6,11H,7-10H2,(H,22,25). The molecule has 0 radical (unpaired) electrons. The number of anilines is 1. The summed E-state index contributed by atoms with van der Waals surface area (Å²) in [6.07, 6.45) is 1.62. The number of hydrogen-bond acceptors (Lipinski definition) is 5. The van der Waals surface area contributed by atoms with Crippen LogP contribution in [-0.4, -0.2) is 52.2 Å². The molecule has 0 aliphatic carbocycles. The van der Waals surface area contributed by atoms with E-state index in [2.05, 4.69) is 20.1 Å². The van der Waals surface area contributed by atoms with Crippen LogP contribution < -0.4 is 10.5 Å². The molecule has 2 aromatic heterocycles. The minimum absolute atomic E-state index is 0.179. The monoisotopic (exact) mass is 369 g/mol. The van der Waals surface area contributed by atoms with Gasteiger partial charge in [-0.3, -0.25) is 9.59 Å². The molecule has 26 heavy (non-hydrogen) atoms. The smallest absolute Gasteiger partial charge is 0.275 e. The summed E-state index contributed by atoms with van der Waals surface area (Å²) in [7, 11) is 0. The molecule has 7 nitrogen and oxygen atoms in total. The molecule has 132 valence electrons. The van der Waals surface area contributed by atoms with Gasteiger partial charge in [-0.25, -0.2) is 10.1 Å². The number of halogens is 1. The number of benzene rings is 1. The summed E-state index contributed by atoms with van der Waals surface area (Å²) < 4.78 is 0. The lowest BCUT2D eigenvalue weighted by Crippen LogP contribution is -2.49. The van der Waals surface area contributed by atoms with Gasteiger partial charge in [0.1, 0.15) is 5.82 Å². The van der Waals surface area contributed by atoms with E-state index in [4.69, 9.17) is 11.6 Å². The molecular formula is C18H16ClN5O2. The summed E-state index contributed by atoms with van der Waals surface area (Å²) in [5.74, 6) is 0.662. The Morgan fingerprint density at radius 2 is 1.77 bits per heavy atom. The van der Waals surface area contributed by atoms with Crippen LogP contribution in [0.3, 0.4) is 0 Å². The lowest BCUT2D eigenvalue weighted by molar-refractivity contribution is 0.0741. The largest absolute Gasteiger partial charge is 0.353 e. The van der Waals surface area contributed by atoms with Gasteiger partial charge in [0, 0.05) is 37.8 Å². The van der Waals surface area contributed by atoms with Crippen molar-refractivity contribution in [2.24, 2.45) is 0 Å². The number of H-pyrrole nitrogens is 1. The molecular weight excluding hydrogens is 354 g/mol. The summed E-state index contributed by atoms with van der Waals surface area (Å²) >= 11 is 5.88. The average Bonchev–Trinajstić information content (AvgIpc) is 2.69. The zero-order valence-corrected chi connectivity index (χ0v) is 14.6. The molecule has 1 aromatic carbocycles. The third kappa shape index (κ3) is 3.01. The number of nitrogens with one attached hydrogen (secondary N) is 1. The third-order valence-corrected chi connectivity index (χ3v) is 4.72. The first kappa shape index (κ1) is 16.5. The number of amides is 1. The van der Waals surface area contributed by atoms with Gasteiger partial charge in [-0.1, -0.05) is 29.8 Å². The molecule has 1 N–H and O–H groups in total. The molecule has 0 atom stereocenters. The van der Waals surface area contributed by atoms with E-state index < -0.39 is 0 Å². The second kappa shape index (κ2) is 6.76. The highest BCUT2D eigenvalue weighted by molar-refractivity contribution is 6.30. The van der Waals surface area contributed by atoms with Gasteiger partial charge in [-0.05, 0) is 18.2 Å². The van der Waals surface area contributed by atoms with E-state index in [9.17, 15) is 9.59 Å². The Morgan fingerprint density at radius 3 is 2.46 bits per heavy atom. The van der Waals surface area contributed by atoms with Gasteiger partial charge in [0.25, 0.3) is 11.5 Å². The average molecular weight is 370 g/mol. The maximum Gasteiger partial charge on any atom is 0.275 e. The third-order valence-electron chi connectivity index (χ3n) is 4.50. The molecule has 1 aliphatic rings. The lowest BCUT2D eigenvalue weighted by Gasteiger charge is -2.35. The second-order valence-corrected chi connectivity index (χ2v) is 6.50. The molecule has 8 heteroatoms. The van der Waals surface area contributed by atoms with Gasteiger partial charge in [0.05, 0.1) is 10.4 Å². The highest BCUT2D eigenvalue weighted by Crippen LogP contribution is 2.19. The number of nitrogens with zero attached hydrogens (tertiary/aromatic N) is 4. The maximum absolute atomic E-state index is 12.9. The number of rotatable bonds is 2. The number of fused-ring (bicyclic) bond motifs is 1. The van der Waals surface area contributed by atoms with Crippen LogP contribution in [0.1, 0.15) is 10.5 Å². The number of hydrogen-bond donors (Lipinski definition) is 1. The highest BCUT2D eigenvalue weighted by Gasteiger charge is 2.25. The van der Waals surface area contributed by atoms with E-state index in [1.54, 1.807) is 41.4 Å². The Labute approximate surface area is 154 Å². The van der Waals surface area contributed by atoms with Crippen molar-refractivity contribution >= 4 is 34.1 Å². The van der Waals surface area contributed by atoms with Crippen molar-refractivity contribution in [3.05, 3.63) is 63.7 Å². The van der Waals surface area contributed by atoms with E-state index in [0.29, 0.717) is 42.0 Å². The minimum atomic E-state index is -0.296. The molecule has 1 fully saturated rings. The molecule has 0 saturated carbocycles. The predicted molar refractivity (Wildman–Crippen MR) is 99.7 cm³/mol. The van der Waals surface area contributed by atoms with Crippen LogP contribution >= 0.6 is 11.6 Å². The second-order valence-electron chi connectivity index (χ2n) is 6.06. The number of piperazine rings is 1. The van der Waals surface area contributed by atoms with Crippen molar-refractivity contribution in [2.45, 2.75) is 0 Å². The van der Waals surface area contributed by atoms with Crippen LogP contribution in [0.2, 0.25) is 5.02 Å². The number of aromatic amines is 1. The minimum Gasteiger partial charge on any atom is -0.353 e. The van der Waals surface area contributed by atoms with Gasteiger partial charge in [0.2, 0.25) is 0 Å². The van der Waals surface area contributed by atoms with Crippen molar-refractivity contribution in [1.82, 2.24) is 20.1 Å². The predicted octanol–water partition coefficient (Wildman–Crippen LogP) is 1.93. The fraction of sp³-hybridized carbons (Fsp3) is 0.222. The molecule has 3 heterocycles. The van der Waals surface area contributed by atoms with Crippen molar-refractivity contribution in [1.29, 1.82) is 0 Å². The van der Waals surface area contributed by atoms with Crippen LogP contribution in [0.25, 0.3) is 10.8 Å². The lowest BCUT2D eigenvalue weighted by atomic mass is 10.1. The Kier molecular flexibility index (Phi) is 4.30. The topological polar surface area (TPSA) is 82.2 Å². The molecule has 1 amide bonds. The van der Waals surface area contributed by atoms with Gasteiger partial charge in [-0.15, -0.1) is 0 Å². The van der Waals surface area contributed by atoms with Gasteiger partial charge < -0.3 is 9.80 Å². The van der Waals surface area contributed by atoms with Crippen LogP contribution in [0, 0.1) is 0 Å². The Hall–Kier alpha value is -2.93. The Bertz CT molecular complexity index is 1010. The first-order valence-corrected chi connectivity index (χ1v) is 8.64. The summed E-state index contributed by atoms with van der Waals surface area (Å²) in [5, 5.41) is 8.05. The van der Waals surface area contributed by atoms with Gasteiger partial charge >= 0.3 is 0 Å². The van der Waals surface area contributed by atoms with Crippen molar-refractivity contribution in [2.75, 3.05) is 31.1 Å².